The highest BCUT2D eigenvalue weighted by molar-refractivity contribution is 4.92. The SMILES string of the molecule is CC1CCN(CCC(C)(C)C#N)CC1CN. The number of likely N-dealkylation sites (tertiary alicyclic amines) is 1. The lowest BCUT2D eigenvalue weighted by Crippen LogP contribution is -2.43. The van der Waals surface area contributed by atoms with Gasteiger partial charge in [0.2, 0.25) is 0 Å². The number of nitrogens with zero attached hydrogens (tertiary/aromatic N) is 2. The van der Waals surface area contributed by atoms with Crippen LogP contribution in [-0.4, -0.2) is 31.1 Å². The maximum atomic E-state index is 8.98. The first-order valence-corrected chi connectivity index (χ1v) is 6.32. The summed E-state index contributed by atoms with van der Waals surface area (Å²) in [7, 11) is 0. The fourth-order valence-electron chi connectivity index (χ4n) is 2.23. The highest BCUT2D eigenvalue weighted by Gasteiger charge is 2.26. The van der Waals surface area contributed by atoms with E-state index in [2.05, 4.69) is 17.9 Å². The fraction of sp³-hybridized carbons (Fsp3) is 0.923. The number of hydrogen-bond donors (Lipinski definition) is 1. The highest BCUT2D eigenvalue weighted by Crippen LogP contribution is 2.25. The monoisotopic (exact) mass is 223 g/mol. The summed E-state index contributed by atoms with van der Waals surface area (Å²) >= 11 is 0. The predicted molar refractivity (Wildman–Crippen MR) is 66.8 cm³/mol. The van der Waals surface area contributed by atoms with Crippen molar-refractivity contribution in [2.24, 2.45) is 23.0 Å². The van der Waals surface area contributed by atoms with Crippen molar-refractivity contribution in [3.63, 3.8) is 0 Å². The molecule has 0 aromatic rings. The first kappa shape index (κ1) is 13.5. The van der Waals surface area contributed by atoms with Gasteiger partial charge in [0.05, 0.1) is 11.5 Å². The molecule has 0 spiro atoms. The first-order chi connectivity index (χ1) is 7.48. The molecule has 0 aromatic carbocycles. The molecule has 2 N–H and O–H groups in total. The van der Waals surface area contributed by atoms with E-state index in [4.69, 9.17) is 11.0 Å². The molecule has 2 atom stereocenters. The van der Waals surface area contributed by atoms with Crippen molar-refractivity contribution in [2.75, 3.05) is 26.2 Å². The lowest BCUT2D eigenvalue weighted by molar-refractivity contribution is 0.123. The van der Waals surface area contributed by atoms with E-state index in [0.717, 1.165) is 32.0 Å². The Hall–Kier alpha value is -0.590. The van der Waals surface area contributed by atoms with Gasteiger partial charge in [0.25, 0.3) is 0 Å². The van der Waals surface area contributed by atoms with Crippen LogP contribution in [0.25, 0.3) is 0 Å². The molecule has 1 fully saturated rings. The summed E-state index contributed by atoms with van der Waals surface area (Å²) in [5.41, 5.74) is 5.59. The van der Waals surface area contributed by atoms with Gasteiger partial charge >= 0.3 is 0 Å². The van der Waals surface area contributed by atoms with E-state index < -0.39 is 0 Å². The summed E-state index contributed by atoms with van der Waals surface area (Å²) in [6.07, 6.45) is 2.20. The molecule has 0 bridgehead atoms. The molecule has 3 nitrogen and oxygen atoms in total. The molecule has 0 aliphatic carbocycles. The Labute approximate surface area is 99.6 Å². The summed E-state index contributed by atoms with van der Waals surface area (Å²) in [4.78, 5) is 2.47. The first-order valence-electron chi connectivity index (χ1n) is 6.32. The summed E-state index contributed by atoms with van der Waals surface area (Å²) in [5, 5.41) is 8.98. The smallest absolute Gasteiger partial charge is 0.0684 e. The summed E-state index contributed by atoms with van der Waals surface area (Å²) in [6.45, 7) is 10.4. The molecule has 92 valence electrons. The minimum Gasteiger partial charge on any atom is -0.330 e. The third-order valence-corrected chi connectivity index (χ3v) is 3.86. The molecule has 3 heteroatoms. The maximum Gasteiger partial charge on any atom is 0.0684 e. The van der Waals surface area contributed by atoms with Crippen LogP contribution in [0.5, 0.6) is 0 Å². The number of nitrogens with two attached hydrogens (primary N) is 1. The van der Waals surface area contributed by atoms with Gasteiger partial charge in [-0.25, -0.2) is 0 Å². The molecule has 0 aromatic heterocycles. The van der Waals surface area contributed by atoms with Gasteiger partial charge in [-0.05, 0) is 58.2 Å². The number of hydrogen-bond acceptors (Lipinski definition) is 3. The van der Waals surface area contributed by atoms with Gasteiger partial charge in [0.1, 0.15) is 0 Å². The number of rotatable bonds is 4. The van der Waals surface area contributed by atoms with Crippen molar-refractivity contribution in [1.29, 1.82) is 5.26 Å². The van der Waals surface area contributed by atoms with E-state index in [-0.39, 0.29) is 5.41 Å². The van der Waals surface area contributed by atoms with Crippen molar-refractivity contribution in [3.8, 4) is 6.07 Å². The standard InChI is InChI=1S/C13H25N3/c1-11-4-6-16(9-12(11)8-14)7-5-13(2,3)10-15/h11-12H,4-9,14H2,1-3H3. The minimum absolute atomic E-state index is 0.193. The molecule has 2 unspecified atom stereocenters. The van der Waals surface area contributed by atoms with Crippen molar-refractivity contribution in [2.45, 2.75) is 33.6 Å². The molecule has 16 heavy (non-hydrogen) atoms. The Morgan fingerprint density at radius 3 is 2.75 bits per heavy atom. The van der Waals surface area contributed by atoms with Crippen molar-refractivity contribution in [3.05, 3.63) is 0 Å². The molecule has 0 amide bonds. The van der Waals surface area contributed by atoms with E-state index in [1.165, 1.54) is 13.0 Å². The van der Waals surface area contributed by atoms with Crippen molar-refractivity contribution >= 4 is 0 Å². The summed E-state index contributed by atoms with van der Waals surface area (Å²) < 4.78 is 0. The molecule has 1 saturated heterocycles. The van der Waals surface area contributed by atoms with Gasteiger partial charge in [0, 0.05) is 6.54 Å². The Morgan fingerprint density at radius 2 is 2.19 bits per heavy atom. The third kappa shape index (κ3) is 3.77. The van der Waals surface area contributed by atoms with Crippen LogP contribution in [0, 0.1) is 28.6 Å². The third-order valence-electron chi connectivity index (χ3n) is 3.86. The average molecular weight is 223 g/mol. The molecule has 0 saturated carbocycles. The zero-order valence-electron chi connectivity index (χ0n) is 10.9. The van der Waals surface area contributed by atoms with Gasteiger partial charge in [-0.2, -0.15) is 5.26 Å². The Morgan fingerprint density at radius 1 is 1.50 bits per heavy atom. The van der Waals surface area contributed by atoms with E-state index >= 15 is 0 Å². The second-order valence-corrected chi connectivity index (χ2v) is 5.81. The Kier molecular flexibility index (Phi) is 4.76. The average Bonchev–Trinajstić information content (AvgIpc) is 2.28. The second-order valence-electron chi connectivity index (χ2n) is 5.81. The zero-order valence-corrected chi connectivity index (χ0v) is 10.9. The van der Waals surface area contributed by atoms with Crippen LogP contribution < -0.4 is 5.73 Å². The Bertz CT molecular complexity index is 254. The highest BCUT2D eigenvalue weighted by atomic mass is 15.1. The lowest BCUT2D eigenvalue weighted by Gasteiger charge is -2.37. The van der Waals surface area contributed by atoms with Gasteiger partial charge in [0.15, 0.2) is 0 Å². The van der Waals surface area contributed by atoms with Crippen molar-refractivity contribution < 1.29 is 0 Å². The van der Waals surface area contributed by atoms with Gasteiger partial charge in [-0.1, -0.05) is 6.92 Å². The Balaban J connectivity index is 2.37. The maximum absolute atomic E-state index is 8.98. The van der Waals surface area contributed by atoms with Gasteiger partial charge in [-0.15, -0.1) is 0 Å². The van der Waals surface area contributed by atoms with E-state index in [1.807, 2.05) is 13.8 Å². The number of piperidine rings is 1. The van der Waals surface area contributed by atoms with Crippen LogP contribution in [0.2, 0.25) is 0 Å². The number of nitriles is 1. The van der Waals surface area contributed by atoms with Crippen LogP contribution in [0.3, 0.4) is 0 Å². The largest absolute Gasteiger partial charge is 0.330 e. The quantitative estimate of drug-likeness (QED) is 0.791. The molecule has 1 aliphatic heterocycles. The fourth-order valence-corrected chi connectivity index (χ4v) is 2.23. The van der Waals surface area contributed by atoms with Gasteiger partial charge < -0.3 is 10.6 Å². The molecule has 0 radical (unpaired) electrons. The van der Waals surface area contributed by atoms with Crippen LogP contribution in [0.4, 0.5) is 0 Å². The van der Waals surface area contributed by atoms with Crippen LogP contribution in [-0.2, 0) is 0 Å². The molecule has 1 aliphatic rings. The predicted octanol–water partition coefficient (Wildman–Crippen LogP) is 1.84. The second kappa shape index (κ2) is 5.65. The lowest BCUT2D eigenvalue weighted by atomic mass is 9.86. The molecular weight excluding hydrogens is 198 g/mol. The van der Waals surface area contributed by atoms with Crippen LogP contribution in [0.1, 0.15) is 33.6 Å². The van der Waals surface area contributed by atoms with Crippen LogP contribution >= 0.6 is 0 Å². The van der Waals surface area contributed by atoms with Crippen LogP contribution in [0.15, 0.2) is 0 Å². The summed E-state index contributed by atoms with van der Waals surface area (Å²) in [6, 6.07) is 2.36. The van der Waals surface area contributed by atoms with Gasteiger partial charge in [-0.3, -0.25) is 0 Å². The van der Waals surface area contributed by atoms with Crippen molar-refractivity contribution in [1.82, 2.24) is 4.90 Å². The topological polar surface area (TPSA) is 53.0 Å². The van der Waals surface area contributed by atoms with E-state index in [0.29, 0.717) is 5.92 Å². The summed E-state index contributed by atoms with van der Waals surface area (Å²) in [5.74, 6) is 1.39. The van der Waals surface area contributed by atoms with E-state index in [1.54, 1.807) is 0 Å². The zero-order chi connectivity index (χ0) is 12.2. The molecule has 1 heterocycles. The van der Waals surface area contributed by atoms with E-state index in [9.17, 15) is 0 Å². The normalized spacial score (nSPS) is 27.7. The molecule has 1 rings (SSSR count). The molecular formula is C13H25N3. The minimum atomic E-state index is -0.193.